The molecule has 0 atom stereocenters. The summed E-state index contributed by atoms with van der Waals surface area (Å²) in [5.74, 6) is -0.342. The molecule has 19 heavy (non-hydrogen) atoms. The second-order valence-corrected chi connectivity index (χ2v) is 5.77. The number of nitrogens with two attached hydrogens (primary N) is 1. The van der Waals surface area contributed by atoms with E-state index in [2.05, 4.69) is 21.2 Å². The number of rotatable bonds is 1. The van der Waals surface area contributed by atoms with Gasteiger partial charge in [-0.1, -0.05) is 6.07 Å². The number of benzene rings is 1. The van der Waals surface area contributed by atoms with Gasteiger partial charge in [0.2, 0.25) is 5.91 Å². The number of anilines is 1. The van der Waals surface area contributed by atoms with Gasteiger partial charge in [0.25, 0.3) is 5.91 Å². The first kappa shape index (κ1) is 13.9. The van der Waals surface area contributed by atoms with Crippen LogP contribution in [0.25, 0.3) is 0 Å². The highest BCUT2D eigenvalue weighted by Gasteiger charge is 2.41. The van der Waals surface area contributed by atoms with Gasteiger partial charge in [-0.05, 0) is 41.9 Å². The Morgan fingerprint density at radius 1 is 1.47 bits per heavy atom. The van der Waals surface area contributed by atoms with Gasteiger partial charge in [-0.3, -0.25) is 9.59 Å². The molecule has 1 aromatic rings. The van der Waals surface area contributed by atoms with Crippen LogP contribution >= 0.6 is 15.9 Å². The van der Waals surface area contributed by atoms with Crippen molar-refractivity contribution < 1.29 is 9.59 Å². The molecule has 1 aliphatic heterocycles. The summed E-state index contributed by atoms with van der Waals surface area (Å²) in [7, 11) is 0. The highest BCUT2D eigenvalue weighted by molar-refractivity contribution is 9.10. The average Bonchev–Trinajstić information content (AvgIpc) is 2.35. The van der Waals surface area contributed by atoms with Gasteiger partial charge in [0, 0.05) is 18.8 Å². The van der Waals surface area contributed by atoms with Crippen LogP contribution in [-0.2, 0) is 4.79 Å². The molecule has 2 amide bonds. The highest BCUT2D eigenvalue weighted by atomic mass is 79.9. The molecular weight excluding hydrogens is 310 g/mol. The Morgan fingerprint density at radius 3 is 2.84 bits per heavy atom. The molecule has 0 aliphatic carbocycles. The summed E-state index contributed by atoms with van der Waals surface area (Å²) < 4.78 is 0.571. The average molecular weight is 326 g/mol. The standard InChI is InChI=1S/C13H16BrN3O2/c1-13(2)12(19)16-6-7-17(13)11(18)8-4-3-5-9(15)10(8)14/h3-5H,6-7,15H2,1-2H3,(H,16,19). The van der Waals surface area contributed by atoms with Gasteiger partial charge >= 0.3 is 0 Å². The van der Waals surface area contributed by atoms with Gasteiger partial charge in [0.15, 0.2) is 0 Å². The number of hydrogen-bond acceptors (Lipinski definition) is 3. The zero-order valence-electron chi connectivity index (χ0n) is 10.9. The van der Waals surface area contributed by atoms with Gasteiger partial charge in [-0.2, -0.15) is 0 Å². The summed E-state index contributed by atoms with van der Waals surface area (Å²) in [5.41, 5.74) is 5.90. The van der Waals surface area contributed by atoms with Gasteiger partial charge < -0.3 is 16.0 Å². The van der Waals surface area contributed by atoms with Crippen molar-refractivity contribution in [2.45, 2.75) is 19.4 Å². The summed E-state index contributed by atoms with van der Waals surface area (Å²) in [6.45, 7) is 4.42. The lowest BCUT2D eigenvalue weighted by Crippen LogP contribution is -2.63. The van der Waals surface area contributed by atoms with E-state index < -0.39 is 5.54 Å². The summed E-state index contributed by atoms with van der Waals surface area (Å²) in [6, 6.07) is 5.14. The third-order valence-electron chi connectivity index (χ3n) is 3.36. The molecule has 0 radical (unpaired) electrons. The number of carbonyl (C=O) groups excluding carboxylic acids is 2. The first-order valence-corrected chi connectivity index (χ1v) is 6.79. The van der Waals surface area contributed by atoms with E-state index in [9.17, 15) is 9.59 Å². The molecule has 0 bridgehead atoms. The van der Waals surface area contributed by atoms with E-state index in [4.69, 9.17) is 5.73 Å². The van der Waals surface area contributed by atoms with Crippen molar-refractivity contribution in [3.05, 3.63) is 28.2 Å². The minimum absolute atomic E-state index is 0.146. The van der Waals surface area contributed by atoms with Gasteiger partial charge in [0.05, 0.1) is 10.0 Å². The van der Waals surface area contributed by atoms with E-state index in [1.807, 2.05) is 0 Å². The number of nitrogens with zero attached hydrogens (tertiary/aromatic N) is 1. The van der Waals surface area contributed by atoms with Crippen LogP contribution in [-0.4, -0.2) is 35.3 Å². The second kappa shape index (κ2) is 4.85. The number of halogens is 1. The van der Waals surface area contributed by atoms with Crippen molar-refractivity contribution in [1.29, 1.82) is 0 Å². The van der Waals surface area contributed by atoms with E-state index in [0.29, 0.717) is 28.8 Å². The lowest BCUT2D eigenvalue weighted by Gasteiger charge is -2.41. The first-order valence-electron chi connectivity index (χ1n) is 6.00. The van der Waals surface area contributed by atoms with Gasteiger partial charge in [-0.15, -0.1) is 0 Å². The summed E-state index contributed by atoms with van der Waals surface area (Å²) in [5, 5.41) is 2.77. The lowest BCUT2D eigenvalue weighted by atomic mass is 9.97. The Hall–Kier alpha value is -1.56. The Balaban J connectivity index is 2.38. The van der Waals surface area contributed by atoms with Crippen molar-refractivity contribution in [3.8, 4) is 0 Å². The van der Waals surface area contributed by atoms with Crippen LogP contribution < -0.4 is 11.1 Å². The fraction of sp³-hybridized carbons (Fsp3) is 0.385. The van der Waals surface area contributed by atoms with Crippen molar-refractivity contribution in [2.75, 3.05) is 18.8 Å². The molecule has 1 aliphatic rings. The molecule has 3 N–H and O–H groups in total. The minimum Gasteiger partial charge on any atom is -0.398 e. The van der Waals surface area contributed by atoms with Crippen LogP contribution in [0.5, 0.6) is 0 Å². The van der Waals surface area contributed by atoms with E-state index in [0.717, 1.165) is 0 Å². The third-order valence-corrected chi connectivity index (χ3v) is 4.24. The van der Waals surface area contributed by atoms with E-state index in [1.54, 1.807) is 36.9 Å². The molecule has 0 saturated carbocycles. The zero-order valence-corrected chi connectivity index (χ0v) is 12.5. The van der Waals surface area contributed by atoms with Crippen LogP contribution in [0.3, 0.4) is 0 Å². The van der Waals surface area contributed by atoms with Crippen LogP contribution in [0.15, 0.2) is 22.7 Å². The molecule has 0 unspecified atom stereocenters. The quantitative estimate of drug-likeness (QED) is 0.766. The second-order valence-electron chi connectivity index (χ2n) is 4.98. The van der Waals surface area contributed by atoms with E-state index in [-0.39, 0.29) is 11.8 Å². The minimum atomic E-state index is -0.862. The Labute approximate surface area is 120 Å². The maximum atomic E-state index is 12.6. The van der Waals surface area contributed by atoms with E-state index in [1.165, 1.54) is 0 Å². The molecule has 1 heterocycles. The number of carbonyl (C=O) groups is 2. The predicted octanol–water partition coefficient (Wildman–Crippen LogP) is 1.38. The smallest absolute Gasteiger partial charge is 0.256 e. The first-order chi connectivity index (χ1) is 8.85. The Kier molecular flexibility index (Phi) is 3.54. The third kappa shape index (κ3) is 2.32. The summed E-state index contributed by atoms with van der Waals surface area (Å²) >= 11 is 3.33. The van der Waals surface area contributed by atoms with Crippen molar-refractivity contribution in [1.82, 2.24) is 10.2 Å². The van der Waals surface area contributed by atoms with Gasteiger partial charge in [-0.25, -0.2) is 0 Å². The Morgan fingerprint density at radius 2 is 2.16 bits per heavy atom. The number of piperazine rings is 1. The normalized spacial score (nSPS) is 18.1. The zero-order chi connectivity index (χ0) is 14.2. The molecular formula is C13H16BrN3O2. The molecule has 1 fully saturated rings. The van der Waals surface area contributed by atoms with Crippen molar-refractivity contribution in [2.24, 2.45) is 0 Å². The van der Waals surface area contributed by atoms with Gasteiger partial charge in [0.1, 0.15) is 5.54 Å². The molecule has 0 aromatic heterocycles. The van der Waals surface area contributed by atoms with Crippen LogP contribution in [0.1, 0.15) is 24.2 Å². The van der Waals surface area contributed by atoms with Crippen molar-refractivity contribution >= 4 is 33.4 Å². The molecule has 1 saturated heterocycles. The number of amides is 2. The molecule has 1 aromatic carbocycles. The monoisotopic (exact) mass is 325 g/mol. The highest BCUT2D eigenvalue weighted by Crippen LogP contribution is 2.28. The van der Waals surface area contributed by atoms with Crippen LogP contribution in [0.4, 0.5) is 5.69 Å². The molecule has 5 nitrogen and oxygen atoms in total. The molecule has 2 rings (SSSR count). The molecule has 102 valence electrons. The number of nitrogens with one attached hydrogen (secondary N) is 1. The maximum absolute atomic E-state index is 12.6. The lowest BCUT2D eigenvalue weighted by molar-refractivity contribution is -0.133. The largest absolute Gasteiger partial charge is 0.398 e. The number of nitrogen functional groups attached to an aromatic ring is 1. The summed E-state index contributed by atoms with van der Waals surface area (Å²) in [6.07, 6.45) is 0. The fourth-order valence-corrected chi connectivity index (χ4v) is 2.55. The fourth-order valence-electron chi connectivity index (χ4n) is 2.12. The topological polar surface area (TPSA) is 75.4 Å². The number of hydrogen-bond donors (Lipinski definition) is 2. The summed E-state index contributed by atoms with van der Waals surface area (Å²) in [4.78, 5) is 26.0. The van der Waals surface area contributed by atoms with E-state index >= 15 is 0 Å². The van der Waals surface area contributed by atoms with Crippen LogP contribution in [0, 0.1) is 0 Å². The SMILES string of the molecule is CC1(C)C(=O)NCCN1C(=O)c1cccc(N)c1Br. The predicted molar refractivity (Wildman–Crippen MR) is 76.7 cm³/mol. The maximum Gasteiger partial charge on any atom is 0.256 e. The molecule has 0 spiro atoms. The van der Waals surface area contributed by atoms with Crippen molar-refractivity contribution in [3.63, 3.8) is 0 Å². The molecule has 6 heteroatoms. The Bertz CT molecular complexity index is 543. The van der Waals surface area contributed by atoms with Crippen LogP contribution in [0.2, 0.25) is 0 Å².